The van der Waals surface area contributed by atoms with Gasteiger partial charge in [0.1, 0.15) is 0 Å². The van der Waals surface area contributed by atoms with Crippen molar-refractivity contribution in [2.24, 2.45) is 0 Å². The van der Waals surface area contributed by atoms with Crippen molar-refractivity contribution < 1.29 is 21.5 Å². The van der Waals surface area contributed by atoms with E-state index in [2.05, 4.69) is 49.6 Å². The minimum atomic E-state index is 0. The van der Waals surface area contributed by atoms with Crippen molar-refractivity contribution in [1.29, 1.82) is 0 Å². The smallest absolute Gasteiger partial charge is 0.173 e. The Bertz CT molecular complexity index is 512. The molecular weight excluding hydrogens is 322 g/mol. The normalized spacial score (nSPS) is 10.9. The van der Waals surface area contributed by atoms with Gasteiger partial charge in [0.2, 0.25) is 0 Å². The summed E-state index contributed by atoms with van der Waals surface area (Å²) in [6.45, 7) is 7.57. The van der Waals surface area contributed by atoms with Crippen LogP contribution in [0.4, 0.5) is 0 Å². The lowest BCUT2D eigenvalue weighted by molar-refractivity contribution is -0.688. The molecule has 0 atom stereocenters. The van der Waals surface area contributed by atoms with E-state index >= 15 is 0 Å². The van der Waals surface area contributed by atoms with Crippen molar-refractivity contribution in [3.8, 4) is 0 Å². The van der Waals surface area contributed by atoms with Gasteiger partial charge >= 0.3 is 0 Å². The third-order valence-corrected chi connectivity index (χ3v) is 3.29. The average Bonchev–Trinajstić information content (AvgIpc) is 2.32. The number of pyridine rings is 1. The first-order chi connectivity index (χ1) is 8.45. The Morgan fingerprint density at radius 1 is 0.947 bits per heavy atom. The van der Waals surface area contributed by atoms with Crippen molar-refractivity contribution in [3.63, 3.8) is 0 Å². The molecule has 2 rings (SSSR count). The summed E-state index contributed by atoms with van der Waals surface area (Å²) in [7, 11) is 0. The largest absolute Gasteiger partial charge is 1.00 e. The van der Waals surface area contributed by atoms with E-state index < -0.39 is 0 Å². The monoisotopic (exact) mass is 339 g/mol. The lowest BCUT2D eigenvalue weighted by Gasteiger charge is -2.18. The van der Waals surface area contributed by atoms with E-state index in [0.29, 0.717) is 0 Å². The third kappa shape index (κ3) is 4.63. The lowest BCUT2D eigenvalue weighted by Crippen LogP contribution is -3.00. The number of hydrogen-bond donors (Lipinski definition) is 0. The van der Waals surface area contributed by atoms with Gasteiger partial charge in [0.05, 0.1) is 5.02 Å². The van der Waals surface area contributed by atoms with Crippen LogP contribution in [0.15, 0.2) is 48.8 Å². The summed E-state index contributed by atoms with van der Waals surface area (Å²) in [4.78, 5) is 0. The number of benzene rings is 1. The molecule has 3 heteroatoms. The molecule has 0 aliphatic carbocycles. The van der Waals surface area contributed by atoms with Crippen molar-refractivity contribution in [3.05, 3.63) is 64.9 Å². The van der Waals surface area contributed by atoms with Gasteiger partial charge in [-0.05, 0) is 11.0 Å². The highest BCUT2D eigenvalue weighted by Gasteiger charge is 2.13. The Labute approximate surface area is 131 Å². The predicted octanol–water partition coefficient (Wildman–Crippen LogP) is 0.977. The summed E-state index contributed by atoms with van der Waals surface area (Å²) >= 11 is 5.87. The molecule has 1 aromatic carbocycles. The summed E-state index contributed by atoms with van der Waals surface area (Å²) in [6, 6.07) is 12.6. The van der Waals surface area contributed by atoms with E-state index in [0.717, 1.165) is 11.6 Å². The van der Waals surface area contributed by atoms with E-state index in [1.807, 2.05) is 24.5 Å². The average molecular weight is 341 g/mol. The number of halogens is 2. The molecule has 102 valence electrons. The molecule has 2 aromatic rings. The third-order valence-electron chi connectivity index (χ3n) is 3.04. The Kier molecular flexibility index (Phi) is 5.57. The highest BCUT2D eigenvalue weighted by molar-refractivity contribution is 6.30. The fraction of sp³-hybridized carbons (Fsp3) is 0.312. The van der Waals surface area contributed by atoms with Gasteiger partial charge in [-0.25, -0.2) is 4.57 Å². The Balaban J connectivity index is 0.00000180. The molecule has 1 heterocycles. The van der Waals surface area contributed by atoms with Gasteiger partial charge in [-0.2, -0.15) is 0 Å². The van der Waals surface area contributed by atoms with Crippen LogP contribution in [-0.4, -0.2) is 0 Å². The molecule has 19 heavy (non-hydrogen) atoms. The summed E-state index contributed by atoms with van der Waals surface area (Å²) < 4.78 is 2.12. The molecule has 1 nitrogen and oxygen atoms in total. The van der Waals surface area contributed by atoms with Crippen molar-refractivity contribution in [2.75, 3.05) is 0 Å². The maximum absolute atomic E-state index is 5.87. The zero-order chi connectivity index (χ0) is 13.2. The maximum atomic E-state index is 5.87. The first kappa shape index (κ1) is 16.2. The summed E-state index contributed by atoms with van der Waals surface area (Å²) in [5.74, 6) is 0. The van der Waals surface area contributed by atoms with Crippen molar-refractivity contribution >= 4 is 11.6 Å². The van der Waals surface area contributed by atoms with E-state index in [-0.39, 0.29) is 22.4 Å². The summed E-state index contributed by atoms with van der Waals surface area (Å²) in [6.07, 6.45) is 4.00. The standard InChI is InChI=1S/C16H19ClN.BrH/c1-16(2,3)14-6-4-13(5-7-14)12-18-10-8-15(17)9-11-18;/h4-11H,12H2,1-3H3;1H/q+1;/p-1. The molecule has 0 spiro atoms. The highest BCUT2D eigenvalue weighted by Crippen LogP contribution is 2.22. The van der Waals surface area contributed by atoms with Crippen LogP contribution in [0.3, 0.4) is 0 Å². The topological polar surface area (TPSA) is 3.88 Å². The summed E-state index contributed by atoms with van der Waals surface area (Å²) in [5, 5.41) is 0.773. The number of nitrogens with zero attached hydrogens (tertiary/aromatic N) is 1. The lowest BCUT2D eigenvalue weighted by atomic mass is 9.87. The number of aromatic nitrogens is 1. The van der Waals surface area contributed by atoms with Crippen molar-refractivity contribution in [2.45, 2.75) is 32.7 Å². The molecule has 0 amide bonds. The molecular formula is C16H19BrClN. The first-order valence-corrected chi connectivity index (χ1v) is 6.57. The Hall–Kier alpha value is -0.860. The fourth-order valence-electron chi connectivity index (χ4n) is 1.87. The molecule has 0 saturated heterocycles. The van der Waals surface area contributed by atoms with Gasteiger partial charge in [0.15, 0.2) is 18.9 Å². The molecule has 0 aliphatic heterocycles. The van der Waals surface area contributed by atoms with E-state index in [1.165, 1.54) is 11.1 Å². The molecule has 0 aliphatic rings. The fourth-order valence-corrected chi connectivity index (χ4v) is 1.98. The molecule has 1 aromatic heterocycles. The zero-order valence-electron chi connectivity index (χ0n) is 11.5. The van der Waals surface area contributed by atoms with Crippen LogP contribution in [0.1, 0.15) is 31.9 Å². The van der Waals surface area contributed by atoms with Gasteiger partial charge in [-0.15, -0.1) is 0 Å². The molecule has 0 saturated carbocycles. The van der Waals surface area contributed by atoms with Gasteiger partial charge in [-0.3, -0.25) is 0 Å². The van der Waals surface area contributed by atoms with Crippen LogP contribution in [0.25, 0.3) is 0 Å². The van der Waals surface area contributed by atoms with Gasteiger partial charge in [-0.1, -0.05) is 56.6 Å². The zero-order valence-corrected chi connectivity index (χ0v) is 13.9. The van der Waals surface area contributed by atoms with Gasteiger partial charge < -0.3 is 17.0 Å². The van der Waals surface area contributed by atoms with Crippen LogP contribution in [0.5, 0.6) is 0 Å². The maximum Gasteiger partial charge on any atom is 0.173 e. The molecule has 0 fully saturated rings. The number of rotatable bonds is 2. The second kappa shape index (κ2) is 6.53. The minimum Gasteiger partial charge on any atom is -1.00 e. The van der Waals surface area contributed by atoms with Crippen LogP contribution >= 0.6 is 11.6 Å². The molecule has 0 bridgehead atoms. The Morgan fingerprint density at radius 2 is 1.47 bits per heavy atom. The first-order valence-electron chi connectivity index (χ1n) is 6.19. The summed E-state index contributed by atoms with van der Waals surface area (Å²) in [5.41, 5.74) is 2.88. The Morgan fingerprint density at radius 3 is 1.95 bits per heavy atom. The van der Waals surface area contributed by atoms with Gasteiger partial charge in [0.25, 0.3) is 0 Å². The predicted molar refractivity (Wildman–Crippen MR) is 75.9 cm³/mol. The second-order valence-corrected chi connectivity index (χ2v) is 6.07. The second-order valence-electron chi connectivity index (χ2n) is 5.64. The van der Waals surface area contributed by atoms with Gasteiger partial charge in [0, 0.05) is 17.7 Å². The molecule has 0 radical (unpaired) electrons. The minimum absolute atomic E-state index is 0. The van der Waals surface area contributed by atoms with Crippen LogP contribution in [-0.2, 0) is 12.0 Å². The molecule has 0 unspecified atom stereocenters. The van der Waals surface area contributed by atoms with E-state index in [4.69, 9.17) is 11.6 Å². The van der Waals surface area contributed by atoms with E-state index in [9.17, 15) is 0 Å². The van der Waals surface area contributed by atoms with E-state index in [1.54, 1.807) is 0 Å². The highest BCUT2D eigenvalue weighted by atomic mass is 79.9. The van der Waals surface area contributed by atoms with Crippen LogP contribution in [0.2, 0.25) is 5.02 Å². The van der Waals surface area contributed by atoms with Crippen LogP contribution in [0, 0.1) is 0 Å². The van der Waals surface area contributed by atoms with Crippen LogP contribution < -0.4 is 21.5 Å². The SMILES string of the molecule is CC(C)(C)c1ccc(C[n+]2ccc(Cl)cc2)cc1.[Br-]. The molecule has 0 N–H and O–H groups in total. The van der Waals surface area contributed by atoms with Crippen molar-refractivity contribution in [1.82, 2.24) is 0 Å². The number of hydrogen-bond acceptors (Lipinski definition) is 0. The quantitative estimate of drug-likeness (QED) is 0.718.